The Bertz CT molecular complexity index is 1140. The Morgan fingerprint density at radius 1 is 1.29 bits per heavy atom. The smallest absolute Gasteiger partial charge is 0.241 e. The number of halogens is 3. The second-order valence-electron chi connectivity index (χ2n) is 9.22. The summed E-state index contributed by atoms with van der Waals surface area (Å²) in [6.45, 7) is 9.72. The molecule has 6 nitrogen and oxygen atoms in total. The molecular weight excluding hydrogens is 441 g/mol. The van der Waals surface area contributed by atoms with Crippen molar-refractivity contribution in [3.05, 3.63) is 36.3 Å². The van der Waals surface area contributed by atoms with Crippen molar-refractivity contribution in [2.75, 3.05) is 11.9 Å². The standard InChI is InChI=1S/C22H27FN6.C3H6F2/c1-14(2)27-20-16(4)9-17(11-24-20)18-6-8-29-19(18)12-25-21(28-29)26-13-22(23)7-5-15(3)10-22;1-2-3(4)5/h6,8-9,11-12,15H,5,7,10,13H2,1-4H3,(H,26,28);3H,2H2,1H3. The minimum atomic E-state index is -2.12. The molecule has 4 rings (SSSR count). The van der Waals surface area contributed by atoms with Crippen LogP contribution in [0, 0.1) is 12.8 Å². The van der Waals surface area contributed by atoms with E-state index in [1.165, 1.54) is 6.92 Å². The van der Waals surface area contributed by atoms with E-state index in [4.69, 9.17) is 0 Å². The summed E-state index contributed by atoms with van der Waals surface area (Å²) in [5, 5.41) is 7.58. The maximum absolute atomic E-state index is 14.8. The Labute approximate surface area is 198 Å². The molecule has 3 heterocycles. The number of alkyl halides is 3. The van der Waals surface area contributed by atoms with Crippen LogP contribution in [-0.2, 0) is 0 Å². The van der Waals surface area contributed by atoms with E-state index >= 15 is 0 Å². The maximum Gasteiger partial charge on any atom is 0.241 e. The monoisotopic (exact) mass is 474 g/mol. The molecule has 184 valence electrons. The quantitative estimate of drug-likeness (QED) is 0.398. The molecule has 1 saturated carbocycles. The first-order valence-corrected chi connectivity index (χ1v) is 11.6. The molecule has 0 aromatic carbocycles. The average molecular weight is 475 g/mol. The predicted molar refractivity (Wildman–Crippen MR) is 131 cm³/mol. The third-order valence-corrected chi connectivity index (χ3v) is 5.78. The third-order valence-electron chi connectivity index (χ3n) is 5.78. The number of rotatable bonds is 6. The van der Waals surface area contributed by atoms with Gasteiger partial charge in [-0.1, -0.05) is 13.8 Å². The van der Waals surface area contributed by atoms with Crippen molar-refractivity contribution in [3.63, 3.8) is 0 Å². The number of pyridine rings is 1. The lowest BCUT2D eigenvalue weighted by molar-refractivity contribution is 0.144. The molecule has 0 radical (unpaired) electrons. The van der Waals surface area contributed by atoms with E-state index in [2.05, 4.69) is 38.4 Å². The fraction of sp³-hybridized carbons (Fsp3) is 0.520. The van der Waals surface area contributed by atoms with E-state index in [-0.39, 0.29) is 13.0 Å². The highest BCUT2D eigenvalue weighted by molar-refractivity contribution is 5.83. The number of nitrogens with one attached hydrogen (secondary N) is 1. The molecule has 2 unspecified atom stereocenters. The van der Waals surface area contributed by atoms with Gasteiger partial charge in [0.15, 0.2) is 5.82 Å². The van der Waals surface area contributed by atoms with Gasteiger partial charge in [0, 0.05) is 35.7 Å². The number of anilines is 1. The highest BCUT2D eigenvalue weighted by atomic mass is 19.3. The van der Waals surface area contributed by atoms with E-state index in [9.17, 15) is 13.2 Å². The number of hydrogen-bond donors (Lipinski definition) is 1. The SMILES string of the molecule is CC(C)=Nc1ncc(-c2ccn3nc(NCC4(F)CCC(C)C4)ncc23)cc1C.CCC(F)F. The van der Waals surface area contributed by atoms with Gasteiger partial charge in [0.05, 0.1) is 18.3 Å². The number of aliphatic imine (C=N–C) groups is 1. The van der Waals surface area contributed by atoms with E-state index < -0.39 is 12.1 Å². The van der Waals surface area contributed by atoms with Crippen LogP contribution in [0.1, 0.15) is 58.9 Å². The van der Waals surface area contributed by atoms with Gasteiger partial charge in [-0.3, -0.25) is 0 Å². The number of aromatic nitrogens is 4. The predicted octanol–water partition coefficient (Wildman–Crippen LogP) is 6.81. The maximum atomic E-state index is 14.8. The van der Waals surface area contributed by atoms with Crippen LogP contribution in [0.25, 0.3) is 16.6 Å². The molecule has 1 fully saturated rings. The van der Waals surface area contributed by atoms with Gasteiger partial charge in [-0.05, 0) is 63.6 Å². The lowest BCUT2D eigenvalue weighted by atomic mass is 10.0. The van der Waals surface area contributed by atoms with Crippen LogP contribution in [0.4, 0.5) is 24.9 Å². The van der Waals surface area contributed by atoms with Crippen molar-refractivity contribution in [1.29, 1.82) is 0 Å². The van der Waals surface area contributed by atoms with E-state index in [1.807, 2.05) is 39.2 Å². The number of hydrogen-bond acceptors (Lipinski definition) is 5. The zero-order chi connectivity index (χ0) is 24.9. The van der Waals surface area contributed by atoms with Gasteiger partial charge in [0.2, 0.25) is 12.4 Å². The molecule has 1 N–H and O–H groups in total. The van der Waals surface area contributed by atoms with E-state index in [1.54, 1.807) is 10.7 Å². The second kappa shape index (κ2) is 11.0. The summed E-state index contributed by atoms with van der Waals surface area (Å²) in [5.74, 6) is 1.61. The fourth-order valence-corrected chi connectivity index (χ4v) is 4.00. The van der Waals surface area contributed by atoms with Gasteiger partial charge in [-0.15, -0.1) is 5.10 Å². The van der Waals surface area contributed by atoms with Crippen LogP contribution in [0.3, 0.4) is 0 Å². The first-order chi connectivity index (χ1) is 16.1. The first-order valence-electron chi connectivity index (χ1n) is 11.6. The summed E-state index contributed by atoms with van der Waals surface area (Å²) in [6.07, 6.45) is 5.47. The van der Waals surface area contributed by atoms with Crippen LogP contribution in [-0.4, -0.2) is 43.9 Å². The average Bonchev–Trinajstić information content (AvgIpc) is 3.36. The Kier molecular flexibility index (Phi) is 8.28. The van der Waals surface area contributed by atoms with Crippen LogP contribution in [0.5, 0.6) is 0 Å². The molecular formula is C25H33F3N6. The Hall–Kier alpha value is -2.97. The van der Waals surface area contributed by atoms with Crippen molar-refractivity contribution in [1.82, 2.24) is 19.6 Å². The van der Waals surface area contributed by atoms with Crippen molar-refractivity contribution >= 4 is 23.0 Å². The molecule has 3 aromatic heterocycles. The summed E-state index contributed by atoms with van der Waals surface area (Å²) in [7, 11) is 0. The number of nitrogens with zero attached hydrogens (tertiary/aromatic N) is 5. The molecule has 1 aliphatic carbocycles. The molecule has 34 heavy (non-hydrogen) atoms. The minimum absolute atomic E-state index is 0.0278. The number of fused-ring (bicyclic) bond motifs is 1. The zero-order valence-corrected chi connectivity index (χ0v) is 20.4. The van der Waals surface area contributed by atoms with E-state index in [0.717, 1.165) is 40.2 Å². The molecule has 0 amide bonds. The van der Waals surface area contributed by atoms with Gasteiger partial charge >= 0.3 is 0 Å². The van der Waals surface area contributed by atoms with Gasteiger partial charge in [-0.25, -0.2) is 32.6 Å². The topological polar surface area (TPSA) is 67.5 Å². The van der Waals surface area contributed by atoms with Crippen molar-refractivity contribution in [2.24, 2.45) is 10.9 Å². The molecule has 2 atom stereocenters. The molecule has 1 aliphatic rings. The van der Waals surface area contributed by atoms with Crippen molar-refractivity contribution in [3.8, 4) is 11.1 Å². The zero-order valence-electron chi connectivity index (χ0n) is 20.4. The lowest BCUT2D eigenvalue weighted by Crippen LogP contribution is -2.29. The van der Waals surface area contributed by atoms with Gasteiger partial charge in [0.25, 0.3) is 0 Å². The molecule has 3 aromatic rings. The summed E-state index contributed by atoms with van der Waals surface area (Å²) in [5.41, 5.74) is 3.69. The molecule has 0 aliphatic heterocycles. The van der Waals surface area contributed by atoms with Crippen molar-refractivity contribution in [2.45, 2.75) is 72.4 Å². The van der Waals surface area contributed by atoms with E-state index in [0.29, 0.717) is 24.7 Å². The summed E-state index contributed by atoms with van der Waals surface area (Å²) in [6, 6.07) is 4.07. The minimum Gasteiger partial charge on any atom is -0.350 e. The highest BCUT2D eigenvalue weighted by Gasteiger charge is 2.37. The Morgan fingerprint density at radius 2 is 2.03 bits per heavy atom. The van der Waals surface area contributed by atoms with Crippen LogP contribution in [0.15, 0.2) is 35.7 Å². The van der Waals surface area contributed by atoms with Gasteiger partial charge in [-0.2, -0.15) is 0 Å². The highest BCUT2D eigenvalue weighted by Crippen LogP contribution is 2.37. The summed E-state index contributed by atoms with van der Waals surface area (Å²) < 4.78 is 38.1. The van der Waals surface area contributed by atoms with Crippen LogP contribution < -0.4 is 5.32 Å². The van der Waals surface area contributed by atoms with Crippen LogP contribution in [0.2, 0.25) is 0 Å². The lowest BCUT2D eigenvalue weighted by Gasteiger charge is -2.19. The largest absolute Gasteiger partial charge is 0.350 e. The fourth-order valence-electron chi connectivity index (χ4n) is 4.00. The second-order valence-corrected chi connectivity index (χ2v) is 9.22. The normalized spacial score (nSPS) is 19.7. The Balaban J connectivity index is 0.000000588. The number of aryl methyl sites for hydroxylation is 1. The van der Waals surface area contributed by atoms with Gasteiger partial charge in [0.1, 0.15) is 5.67 Å². The summed E-state index contributed by atoms with van der Waals surface area (Å²) in [4.78, 5) is 13.4. The first kappa shape index (κ1) is 25.6. The molecule has 0 bridgehead atoms. The van der Waals surface area contributed by atoms with Crippen molar-refractivity contribution < 1.29 is 13.2 Å². The third kappa shape index (κ3) is 6.55. The van der Waals surface area contributed by atoms with Crippen LogP contribution >= 0.6 is 0 Å². The molecule has 0 saturated heterocycles. The Morgan fingerprint density at radius 3 is 2.62 bits per heavy atom. The summed E-state index contributed by atoms with van der Waals surface area (Å²) >= 11 is 0. The van der Waals surface area contributed by atoms with Gasteiger partial charge < -0.3 is 5.32 Å². The molecule has 0 spiro atoms. The molecule has 9 heteroatoms.